The molecule has 0 saturated carbocycles. The van der Waals surface area contributed by atoms with E-state index in [2.05, 4.69) is 10.5 Å². The zero-order valence-electron chi connectivity index (χ0n) is 19.5. The highest BCUT2D eigenvalue weighted by Gasteiger charge is 2.08. The topological polar surface area (TPSA) is 77.0 Å². The Morgan fingerprint density at radius 2 is 1.42 bits per heavy atom. The van der Waals surface area contributed by atoms with Crippen LogP contribution >= 0.6 is 11.6 Å². The monoisotopic (exact) mass is 498 g/mol. The maximum atomic E-state index is 12.4. The summed E-state index contributed by atoms with van der Waals surface area (Å²) < 4.78 is 11.1. The second kappa shape index (κ2) is 11.8. The number of rotatable bonds is 8. The van der Waals surface area contributed by atoms with E-state index in [0.717, 1.165) is 16.7 Å². The fourth-order valence-electron chi connectivity index (χ4n) is 3.16. The molecule has 6 nitrogen and oxygen atoms in total. The molecule has 0 aliphatic carbocycles. The number of hydrazone groups is 1. The molecule has 0 saturated heterocycles. The molecule has 36 heavy (non-hydrogen) atoms. The highest BCUT2D eigenvalue weighted by molar-refractivity contribution is 6.30. The van der Waals surface area contributed by atoms with Gasteiger partial charge in [0, 0.05) is 10.6 Å². The second-order valence-electron chi connectivity index (χ2n) is 7.96. The van der Waals surface area contributed by atoms with Crippen molar-refractivity contribution in [2.75, 3.05) is 0 Å². The number of nitrogens with one attached hydrogen (secondary N) is 1. The normalized spacial score (nSPS) is 10.7. The van der Waals surface area contributed by atoms with E-state index in [1.165, 1.54) is 6.21 Å². The van der Waals surface area contributed by atoms with E-state index in [1.807, 2.05) is 43.3 Å². The summed E-state index contributed by atoms with van der Waals surface area (Å²) in [6.45, 7) is 2.35. The van der Waals surface area contributed by atoms with Gasteiger partial charge in [-0.15, -0.1) is 0 Å². The van der Waals surface area contributed by atoms with E-state index in [-0.39, 0.29) is 5.91 Å². The van der Waals surface area contributed by atoms with E-state index >= 15 is 0 Å². The van der Waals surface area contributed by atoms with Gasteiger partial charge in [-0.2, -0.15) is 5.10 Å². The molecular formula is C29H23ClN2O4. The molecule has 4 rings (SSSR count). The Labute approximate surface area is 214 Å². The van der Waals surface area contributed by atoms with Gasteiger partial charge >= 0.3 is 5.97 Å². The molecule has 4 aromatic carbocycles. The van der Waals surface area contributed by atoms with Gasteiger partial charge < -0.3 is 9.47 Å². The number of nitrogens with zero attached hydrogens (tertiary/aromatic N) is 1. The number of aryl methyl sites for hydroxylation is 1. The van der Waals surface area contributed by atoms with Crippen LogP contribution in [0, 0.1) is 6.92 Å². The van der Waals surface area contributed by atoms with Crippen molar-refractivity contribution in [3.8, 4) is 11.5 Å². The molecule has 4 aromatic rings. The van der Waals surface area contributed by atoms with E-state index in [4.69, 9.17) is 21.1 Å². The summed E-state index contributed by atoms with van der Waals surface area (Å²) in [5.74, 6) is 0.289. The first-order valence-corrected chi connectivity index (χ1v) is 11.5. The summed E-state index contributed by atoms with van der Waals surface area (Å²) in [5, 5.41) is 4.67. The lowest BCUT2D eigenvalue weighted by Gasteiger charge is -2.07. The van der Waals surface area contributed by atoms with Gasteiger partial charge in [-0.25, -0.2) is 10.2 Å². The molecule has 0 aromatic heterocycles. The Morgan fingerprint density at radius 1 is 0.806 bits per heavy atom. The van der Waals surface area contributed by atoms with Gasteiger partial charge in [0.05, 0.1) is 11.8 Å². The van der Waals surface area contributed by atoms with Crippen molar-refractivity contribution in [1.82, 2.24) is 5.43 Å². The van der Waals surface area contributed by atoms with Gasteiger partial charge in [0.2, 0.25) is 0 Å². The first-order chi connectivity index (χ1) is 17.5. The van der Waals surface area contributed by atoms with E-state index in [1.54, 1.807) is 60.7 Å². The van der Waals surface area contributed by atoms with Crippen LogP contribution in [-0.4, -0.2) is 18.1 Å². The van der Waals surface area contributed by atoms with Gasteiger partial charge in [-0.3, -0.25) is 4.79 Å². The van der Waals surface area contributed by atoms with Crippen molar-refractivity contribution in [2.45, 2.75) is 13.5 Å². The van der Waals surface area contributed by atoms with Crippen molar-refractivity contribution in [1.29, 1.82) is 0 Å². The Hall–Kier alpha value is -4.42. The fraction of sp³-hybridized carbons (Fsp3) is 0.0690. The SMILES string of the molecule is Cc1ccc(C(=O)Oc2ccc(/C=N\NC(=O)c3ccc(OCc4ccc(Cl)cc4)cc3)cc2)cc1. The summed E-state index contributed by atoms with van der Waals surface area (Å²) in [6, 6.07) is 28.2. The molecule has 0 unspecified atom stereocenters. The van der Waals surface area contributed by atoms with Crippen LogP contribution in [0.4, 0.5) is 0 Å². The first-order valence-electron chi connectivity index (χ1n) is 11.2. The largest absolute Gasteiger partial charge is 0.489 e. The summed E-state index contributed by atoms with van der Waals surface area (Å²) >= 11 is 5.89. The Morgan fingerprint density at radius 3 is 2.08 bits per heavy atom. The highest BCUT2D eigenvalue weighted by Crippen LogP contribution is 2.16. The van der Waals surface area contributed by atoms with Gasteiger partial charge in [-0.05, 0) is 90.8 Å². The quantitative estimate of drug-likeness (QED) is 0.135. The number of esters is 1. The van der Waals surface area contributed by atoms with Crippen LogP contribution in [0.3, 0.4) is 0 Å². The molecule has 0 heterocycles. The van der Waals surface area contributed by atoms with Gasteiger partial charge in [0.15, 0.2) is 0 Å². The van der Waals surface area contributed by atoms with Gasteiger partial charge in [0.1, 0.15) is 18.1 Å². The highest BCUT2D eigenvalue weighted by atomic mass is 35.5. The van der Waals surface area contributed by atoms with Gasteiger partial charge in [0.25, 0.3) is 5.91 Å². The smallest absolute Gasteiger partial charge is 0.343 e. The maximum absolute atomic E-state index is 12.4. The van der Waals surface area contributed by atoms with Crippen LogP contribution < -0.4 is 14.9 Å². The standard InChI is InChI=1S/C29H23ClN2O4/c1-20-2-8-24(9-3-20)29(34)36-27-14-6-21(7-15-27)18-31-32-28(33)23-10-16-26(17-11-23)35-19-22-4-12-25(30)13-5-22/h2-18H,19H2,1H3,(H,32,33)/b31-18-. The number of ether oxygens (including phenoxy) is 2. The number of amides is 1. The van der Waals surface area contributed by atoms with E-state index in [0.29, 0.717) is 34.3 Å². The Bertz CT molecular complexity index is 1350. The number of hydrogen-bond donors (Lipinski definition) is 1. The molecule has 1 amide bonds. The predicted octanol–water partition coefficient (Wildman–Crippen LogP) is 6.21. The van der Waals surface area contributed by atoms with Crippen molar-refractivity contribution >= 4 is 29.7 Å². The average Bonchev–Trinajstić information content (AvgIpc) is 2.90. The summed E-state index contributed by atoms with van der Waals surface area (Å²) in [4.78, 5) is 24.6. The molecule has 0 aliphatic rings. The van der Waals surface area contributed by atoms with Crippen molar-refractivity contribution in [3.05, 3.63) is 130 Å². The van der Waals surface area contributed by atoms with Gasteiger partial charge in [-0.1, -0.05) is 41.4 Å². The zero-order valence-corrected chi connectivity index (χ0v) is 20.2. The van der Waals surface area contributed by atoms with Crippen LogP contribution in [0.5, 0.6) is 11.5 Å². The fourth-order valence-corrected chi connectivity index (χ4v) is 3.28. The molecule has 0 bridgehead atoms. The minimum atomic E-state index is -0.426. The number of carbonyl (C=O) groups excluding carboxylic acids is 2. The van der Waals surface area contributed by atoms with E-state index < -0.39 is 5.97 Å². The molecule has 0 radical (unpaired) electrons. The number of carbonyl (C=O) groups is 2. The molecule has 0 aliphatic heterocycles. The molecule has 180 valence electrons. The molecule has 0 spiro atoms. The Kier molecular flexibility index (Phi) is 8.11. The minimum absolute atomic E-state index is 0.348. The van der Waals surface area contributed by atoms with Crippen molar-refractivity contribution < 1.29 is 19.1 Å². The lowest BCUT2D eigenvalue weighted by molar-refractivity contribution is 0.0734. The molecule has 0 fully saturated rings. The Balaban J connectivity index is 1.25. The van der Waals surface area contributed by atoms with Crippen LogP contribution in [0.2, 0.25) is 5.02 Å². The summed E-state index contributed by atoms with van der Waals surface area (Å²) in [6.07, 6.45) is 1.51. The maximum Gasteiger partial charge on any atom is 0.343 e. The first kappa shape index (κ1) is 24.7. The average molecular weight is 499 g/mol. The third kappa shape index (κ3) is 7.04. The predicted molar refractivity (Wildman–Crippen MR) is 140 cm³/mol. The van der Waals surface area contributed by atoms with E-state index in [9.17, 15) is 9.59 Å². The number of halogens is 1. The van der Waals surface area contributed by atoms with Crippen LogP contribution in [-0.2, 0) is 6.61 Å². The van der Waals surface area contributed by atoms with Crippen LogP contribution in [0.25, 0.3) is 0 Å². The van der Waals surface area contributed by atoms with Crippen molar-refractivity contribution in [3.63, 3.8) is 0 Å². The third-order valence-corrected chi connectivity index (χ3v) is 5.44. The number of benzene rings is 4. The zero-order chi connectivity index (χ0) is 25.3. The van der Waals surface area contributed by atoms with Crippen molar-refractivity contribution in [2.24, 2.45) is 5.10 Å². The lowest BCUT2D eigenvalue weighted by atomic mass is 10.1. The summed E-state index contributed by atoms with van der Waals surface area (Å²) in [5.41, 5.74) is 6.22. The molecular weight excluding hydrogens is 476 g/mol. The second-order valence-corrected chi connectivity index (χ2v) is 8.40. The molecule has 7 heteroatoms. The molecule has 0 atom stereocenters. The van der Waals surface area contributed by atoms with Crippen LogP contribution in [0.1, 0.15) is 37.4 Å². The number of hydrogen-bond acceptors (Lipinski definition) is 5. The van der Waals surface area contributed by atoms with Crippen LogP contribution in [0.15, 0.2) is 102 Å². The summed E-state index contributed by atoms with van der Waals surface area (Å²) in [7, 11) is 0. The molecule has 1 N–H and O–H groups in total. The lowest BCUT2D eigenvalue weighted by Crippen LogP contribution is -2.17. The minimum Gasteiger partial charge on any atom is -0.489 e. The third-order valence-electron chi connectivity index (χ3n) is 5.19.